The molecule has 0 unspecified atom stereocenters. The number of amides is 2. The number of carbonyl (C=O) groups is 4. The van der Waals surface area contributed by atoms with Crippen molar-refractivity contribution in [2.24, 2.45) is 17.8 Å². The molecule has 1 saturated heterocycles. The summed E-state index contributed by atoms with van der Waals surface area (Å²) in [6.45, 7) is 7.31. The van der Waals surface area contributed by atoms with Gasteiger partial charge in [-0.15, -0.1) is 0 Å². The average Bonchev–Trinajstić information content (AvgIpc) is 3.83. The number of ether oxygens (including phenoxy) is 4. The predicted molar refractivity (Wildman–Crippen MR) is 172 cm³/mol. The number of rotatable bonds is 8. The summed E-state index contributed by atoms with van der Waals surface area (Å²) in [4.78, 5) is 52.9. The summed E-state index contributed by atoms with van der Waals surface area (Å²) in [5, 5.41) is 5.86. The van der Waals surface area contributed by atoms with Gasteiger partial charge in [0.25, 0.3) is 0 Å². The third-order valence-electron chi connectivity index (χ3n) is 8.14. The minimum atomic E-state index is -1.13. The Labute approximate surface area is 275 Å². The monoisotopic (exact) mass is 654 g/mol. The lowest BCUT2D eigenvalue weighted by Crippen LogP contribution is -2.49. The van der Waals surface area contributed by atoms with Gasteiger partial charge in [0.15, 0.2) is 6.10 Å². The normalized spacial score (nSPS) is 27.5. The van der Waals surface area contributed by atoms with Gasteiger partial charge in [-0.1, -0.05) is 81.8 Å². The van der Waals surface area contributed by atoms with Crippen molar-refractivity contribution in [3.05, 3.63) is 76.8 Å². The molecule has 0 aromatic heterocycles. The maximum Gasteiger partial charge on any atom is 0.347 e. The molecular weight excluding hydrogens is 612 g/mol. The molecule has 10 nitrogen and oxygen atoms in total. The molecule has 7 atom stereocenters. The van der Waals surface area contributed by atoms with Crippen molar-refractivity contribution in [1.29, 1.82) is 0 Å². The maximum atomic E-state index is 13.5. The van der Waals surface area contributed by atoms with E-state index < -0.39 is 47.9 Å². The van der Waals surface area contributed by atoms with Crippen LogP contribution in [-0.2, 0) is 39.8 Å². The predicted octanol–water partition coefficient (Wildman–Crippen LogP) is 4.73. The number of hydrogen-bond donors (Lipinski definition) is 2. The number of cyclic esters (lactones) is 2. The molecular formula is C35H43ClN2O8. The van der Waals surface area contributed by atoms with Gasteiger partial charge in [-0.05, 0) is 41.7 Å². The van der Waals surface area contributed by atoms with E-state index in [9.17, 15) is 19.2 Å². The summed E-state index contributed by atoms with van der Waals surface area (Å²) in [6.07, 6.45) is 1.40. The Balaban J connectivity index is 1.58. The molecule has 0 bridgehead atoms. The minimum absolute atomic E-state index is 0.0341. The number of nitrogens with one attached hydrogen (secondary N) is 2. The highest BCUT2D eigenvalue weighted by atomic mass is 35.5. The van der Waals surface area contributed by atoms with Crippen molar-refractivity contribution in [1.82, 2.24) is 10.6 Å². The highest BCUT2D eigenvalue weighted by Gasteiger charge is 2.47. The molecule has 4 rings (SSSR count). The molecule has 2 aliphatic rings. The highest BCUT2D eigenvalue weighted by Crippen LogP contribution is 2.45. The second kappa shape index (κ2) is 16.1. The summed E-state index contributed by atoms with van der Waals surface area (Å²) in [6, 6.07) is 13.9. The second-order valence-corrected chi connectivity index (χ2v) is 12.7. The Kier molecular flexibility index (Phi) is 12.2. The van der Waals surface area contributed by atoms with E-state index in [1.54, 1.807) is 31.2 Å². The van der Waals surface area contributed by atoms with Crippen molar-refractivity contribution in [2.45, 2.75) is 77.4 Å². The van der Waals surface area contributed by atoms with Gasteiger partial charge in [0.05, 0.1) is 24.2 Å². The summed E-state index contributed by atoms with van der Waals surface area (Å²) in [5.74, 6) is -2.78. The van der Waals surface area contributed by atoms with E-state index in [4.69, 9.17) is 30.5 Å². The van der Waals surface area contributed by atoms with Gasteiger partial charge in [0, 0.05) is 25.3 Å². The van der Waals surface area contributed by atoms with Gasteiger partial charge in [-0.3, -0.25) is 14.4 Å². The number of carbonyl (C=O) groups excluding carboxylic acids is 4. The van der Waals surface area contributed by atoms with Crippen LogP contribution in [-0.4, -0.2) is 61.8 Å². The van der Waals surface area contributed by atoms with Crippen molar-refractivity contribution < 1.29 is 38.1 Å². The molecule has 2 amide bonds. The number of methoxy groups -OCH3 is 1. The number of hydrogen-bond acceptors (Lipinski definition) is 8. The summed E-state index contributed by atoms with van der Waals surface area (Å²) >= 11 is 6.30. The Hall–Kier alpha value is -3.89. The molecule has 2 N–H and O–H groups in total. The van der Waals surface area contributed by atoms with E-state index in [2.05, 4.69) is 10.6 Å². The molecule has 2 aromatic rings. The molecule has 2 heterocycles. The van der Waals surface area contributed by atoms with Crippen molar-refractivity contribution in [2.75, 3.05) is 13.7 Å². The first-order valence-electron chi connectivity index (χ1n) is 15.6. The van der Waals surface area contributed by atoms with E-state index in [0.717, 1.165) is 5.56 Å². The molecule has 0 aliphatic carbocycles. The average molecular weight is 655 g/mol. The fourth-order valence-electron chi connectivity index (χ4n) is 5.39. The van der Waals surface area contributed by atoms with Gasteiger partial charge in [0.1, 0.15) is 24.0 Å². The van der Waals surface area contributed by atoms with Gasteiger partial charge < -0.3 is 29.6 Å². The van der Waals surface area contributed by atoms with Gasteiger partial charge in [-0.2, -0.15) is 0 Å². The summed E-state index contributed by atoms with van der Waals surface area (Å²) < 4.78 is 22.9. The standard InChI is InChI=1S/C35H43ClN2O8/c1-20(2)16-29-35(42)44-27(22(4)31-32(46-31)24-10-7-6-8-11-24)12-9-13-30(39)38-26(33(40)37-19-21(3)34(41)45-29)18-23-14-15-28(43-5)25(36)17-23/h6-11,13-15,17,20-22,26-27,29,31-32H,12,16,18-19H2,1-5H3,(H,37,40)(H,38,39)/b13-9+/t21-,22+,26+,27+,29+,31-,32-/m1/s1. The third-order valence-corrected chi connectivity index (χ3v) is 8.44. The first kappa shape index (κ1) is 35.0. The number of epoxide rings is 1. The van der Waals surface area contributed by atoms with E-state index in [-0.39, 0.29) is 49.9 Å². The largest absolute Gasteiger partial charge is 0.495 e. The third kappa shape index (κ3) is 9.56. The molecule has 11 heteroatoms. The van der Waals surface area contributed by atoms with Gasteiger partial charge in [0.2, 0.25) is 11.8 Å². The molecule has 1 fully saturated rings. The number of benzene rings is 2. The fraction of sp³-hybridized carbons (Fsp3) is 0.486. The zero-order valence-electron chi connectivity index (χ0n) is 26.9. The Morgan fingerprint density at radius 3 is 2.41 bits per heavy atom. The zero-order chi connectivity index (χ0) is 33.4. The molecule has 2 aliphatic heterocycles. The highest BCUT2D eigenvalue weighted by molar-refractivity contribution is 6.32. The van der Waals surface area contributed by atoms with E-state index in [1.165, 1.54) is 13.2 Å². The minimum Gasteiger partial charge on any atom is -0.495 e. The van der Waals surface area contributed by atoms with Crippen molar-refractivity contribution in [3.63, 3.8) is 0 Å². The van der Waals surface area contributed by atoms with Crippen LogP contribution >= 0.6 is 11.6 Å². The molecule has 0 spiro atoms. The van der Waals surface area contributed by atoms with Crippen LogP contribution in [0.25, 0.3) is 0 Å². The quantitative estimate of drug-likeness (QED) is 0.308. The number of halogens is 1. The van der Waals surface area contributed by atoms with Gasteiger partial charge in [-0.25, -0.2) is 4.79 Å². The maximum absolute atomic E-state index is 13.5. The Morgan fingerprint density at radius 2 is 1.74 bits per heavy atom. The van der Waals surface area contributed by atoms with Crippen molar-refractivity contribution in [3.8, 4) is 5.75 Å². The summed E-state index contributed by atoms with van der Waals surface area (Å²) in [7, 11) is 1.51. The first-order chi connectivity index (χ1) is 22.0. The molecule has 0 saturated carbocycles. The van der Waals surface area contributed by atoms with E-state index >= 15 is 0 Å². The van der Waals surface area contributed by atoms with Crippen LogP contribution in [0.1, 0.15) is 57.8 Å². The topological polar surface area (TPSA) is 133 Å². The molecule has 2 aromatic carbocycles. The van der Waals surface area contributed by atoms with Crippen LogP contribution in [0.4, 0.5) is 0 Å². The molecule has 248 valence electrons. The van der Waals surface area contributed by atoms with E-state index in [0.29, 0.717) is 16.3 Å². The number of esters is 2. The van der Waals surface area contributed by atoms with Crippen LogP contribution in [0.15, 0.2) is 60.7 Å². The lowest BCUT2D eigenvalue weighted by atomic mass is 9.93. The lowest BCUT2D eigenvalue weighted by molar-refractivity contribution is -0.176. The Bertz CT molecular complexity index is 1410. The van der Waals surface area contributed by atoms with Crippen LogP contribution in [0, 0.1) is 17.8 Å². The summed E-state index contributed by atoms with van der Waals surface area (Å²) in [5.41, 5.74) is 1.73. The van der Waals surface area contributed by atoms with Gasteiger partial charge >= 0.3 is 11.9 Å². The van der Waals surface area contributed by atoms with E-state index in [1.807, 2.05) is 51.1 Å². The van der Waals surface area contributed by atoms with Crippen molar-refractivity contribution >= 4 is 35.4 Å². The Morgan fingerprint density at radius 1 is 1.00 bits per heavy atom. The van der Waals surface area contributed by atoms with Crippen LogP contribution in [0.2, 0.25) is 5.02 Å². The first-order valence-corrected chi connectivity index (χ1v) is 16.0. The van der Waals surface area contributed by atoms with Crippen LogP contribution < -0.4 is 15.4 Å². The molecule has 0 radical (unpaired) electrons. The van der Waals surface area contributed by atoms with Crippen LogP contribution in [0.3, 0.4) is 0 Å². The second-order valence-electron chi connectivity index (χ2n) is 12.3. The SMILES string of the molecule is COc1ccc(C[C@@H]2NC(=O)/C=C/C[C@@H]([C@H](C)[C@H]3O[C@@H]3c3ccccc3)OC(=O)[C@H](CC(C)C)OC(=O)[C@H](C)CNC2=O)cc1Cl. The molecule has 46 heavy (non-hydrogen) atoms. The zero-order valence-corrected chi connectivity index (χ0v) is 27.6. The smallest absolute Gasteiger partial charge is 0.347 e. The van der Waals surface area contributed by atoms with Crippen LogP contribution in [0.5, 0.6) is 5.75 Å². The fourth-order valence-corrected chi connectivity index (χ4v) is 5.67. The lowest BCUT2D eigenvalue weighted by Gasteiger charge is -2.27.